The smallest absolute Gasteiger partial charge is 0.367 e. The van der Waals surface area contributed by atoms with Crippen molar-refractivity contribution in [2.75, 3.05) is 25.0 Å². The zero-order valence-corrected chi connectivity index (χ0v) is 17.8. The first kappa shape index (κ1) is 22.0. The van der Waals surface area contributed by atoms with Gasteiger partial charge in [0, 0.05) is 44.6 Å². The third-order valence-electron chi connectivity index (χ3n) is 6.68. The topological polar surface area (TPSA) is 70.5 Å². The molecule has 0 bridgehead atoms. The van der Waals surface area contributed by atoms with E-state index in [0.29, 0.717) is 56.7 Å². The van der Waals surface area contributed by atoms with E-state index in [-0.39, 0.29) is 30.3 Å². The summed E-state index contributed by atoms with van der Waals surface area (Å²) < 4.78 is 42.0. The molecule has 0 radical (unpaired) electrons. The molecule has 1 unspecified atom stereocenters. The molecule has 31 heavy (non-hydrogen) atoms. The molecule has 2 fully saturated rings. The predicted octanol–water partition coefficient (Wildman–Crippen LogP) is 3.65. The zero-order valence-electron chi connectivity index (χ0n) is 17.8. The minimum Gasteiger partial charge on any atom is -0.367 e. The van der Waals surface area contributed by atoms with Crippen molar-refractivity contribution >= 4 is 17.6 Å². The highest BCUT2D eigenvalue weighted by Crippen LogP contribution is 2.42. The van der Waals surface area contributed by atoms with E-state index in [0.717, 1.165) is 24.1 Å². The second-order valence-corrected chi connectivity index (χ2v) is 8.77. The molecule has 0 aliphatic carbocycles. The summed E-state index contributed by atoms with van der Waals surface area (Å²) >= 11 is 0. The maximum Gasteiger partial charge on any atom is 0.410 e. The number of carbonyl (C=O) groups excluding carboxylic acids is 2. The molecule has 1 aromatic rings. The molecule has 3 aliphatic rings. The number of carbonyl (C=O) groups is 2. The van der Waals surface area contributed by atoms with Crippen molar-refractivity contribution in [3.8, 4) is 0 Å². The van der Waals surface area contributed by atoms with E-state index in [9.17, 15) is 22.8 Å². The fourth-order valence-electron chi connectivity index (χ4n) is 4.98. The lowest BCUT2D eigenvalue weighted by Gasteiger charge is -2.32. The average Bonchev–Trinajstić information content (AvgIpc) is 3.45. The Hall–Kier alpha value is -2.26. The minimum absolute atomic E-state index is 0.0214. The average molecular weight is 441 g/mol. The lowest BCUT2D eigenvalue weighted by molar-refractivity contribution is -0.173. The second kappa shape index (κ2) is 8.70. The number of anilines is 1. The number of hydrogen-bond donors (Lipinski definition) is 1. The molecule has 1 aromatic heterocycles. The molecule has 4 heterocycles. The lowest BCUT2D eigenvalue weighted by atomic mass is 10.0. The first-order valence-electron chi connectivity index (χ1n) is 11.3. The molecule has 0 aromatic carbocycles. The molecule has 2 amide bonds. The Bertz CT molecular complexity index is 824. The van der Waals surface area contributed by atoms with E-state index in [4.69, 9.17) is 0 Å². The predicted molar refractivity (Wildman–Crippen MR) is 108 cm³/mol. The van der Waals surface area contributed by atoms with Crippen LogP contribution in [0.15, 0.2) is 6.07 Å². The van der Waals surface area contributed by atoms with Crippen molar-refractivity contribution in [1.29, 1.82) is 0 Å². The van der Waals surface area contributed by atoms with Gasteiger partial charge in [-0.1, -0.05) is 6.92 Å². The molecule has 3 atom stereocenters. The van der Waals surface area contributed by atoms with Crippen molar-refractivity contribution in [3.63, 3.8) is 0 Å². The summed E-state index contributed by atoms with van der Waals surface area (Å²) in [6, 6.07) is -0.515. The summed E-state index contributed by atoms with van der Waals surface area (Å²) in [4.78, 5) is 28.1. The summed E-state index contributed by atoms with van der Waals surface area (Å²) in [5.74, 6) is 0.501. The largest absolute Gasteiger partial charge is 0.410 e. The molecule has 172 valence electrons. The third-order valence-corrected chi connectivity index (χ3v) is 6.68. The molecule has 2 saturated heterocycles. The van der Waals surface area contributed by atoms with E-state index >= 15 is 0 Å². The Labute approximate surface area is 179 Å². The van der Waals surface area contributed by atoms with Gasteiger partial charge in [0.15, 0.2) is 6.04 Å². The van der Waals surface area contributed by atoms with Crippen LogP contribution in [0.1, 0.15) is 76.1 Å². The van der Waals surface area contributed by atoms with E-state index in [1.807, 2.05) is 6.92 Å². The van der Waals surface area contributed by atoms with Crippen molar-refractivity contribution < 1.29 is 22.8 Å². The summed E-state index contributed by atoms with van der Waals surface area (Å²) in [7, 11) is 0. The van der Waals surface area contributed by atoms with Crippen LogP contribution in [0.2, 0.25) is 0 Å². The molecule has 3 aliphatic heterocycles. The van der Waals surface area contributed by atoms with Crippen molar-refractivity contribution in [3.05, 3.63) is 11.8 Å². The Morgan fingerprint density at radius 2 is 2.10 bits per heavy atom. The fraction of sp³-hybridized carbons (Fsp3) is 0.762. The van der Waals surface area contributed by atoms with Gasteiger partial charge in [-0.05, 0) is 38.5 Å². The van der Waals surface area contributed by atoms with Gasteiger partial charge in [-0.2, -0.15) is 18.3 Å². The Morgan fingerprint density at radius 3 is 2.77 bits per heavy atom. The molecule has 0 saturated carbocycles. The van der Waals surface area contributed by atoms with Gasteiger partial charge in [0.25, 0.3) is 0 Å². The summed E-state index contributed by atoms with van der Waals surface area (Å²) in [6.07, 6.45) is 0.0655. The molecule has 0 spiro atoms. The number of likely N-dealkylation sites (tertiary alicyclic amines) is 2. The van der Waals surface area contributed by atoms with Crippen molar-refractivity contribution in [1.82, 2.24) is 19.6 Å². The molecule has 4 rings (SSSR count). The van der Waals surface area contributed by atoms with Gasteiger partial charge in [0.2, 0.25) is 11.8 Å². The Balaban J connectivity index is 1.44. The van der Waals surface area contributed by atoms with Gasteiger partial charge in [0.05, 0.1) is 11.7 Å². The maximum atomic E-state index is 13.6. The van der Waals surface area contributed by atoms with Gasteiger partial charge in [-0.15, -0.1) is 0 Å². The number of nitrogens with zero attached hydrogens (tertiary/aromatic N) is 4. The van der Waals surface area contributed by atoms with Crippen molar-refractivity contribution in [2.24, 2.45) is 0 Å². The highest BCUT2D eigenvalue weighted by atomic mass is 19.4. The molecule has 10 heteroatoms. The van der Waals surface area contributed by atoms with Gasteiger partial charge < -0.3 is 15.1 Å². The zero-order chi connectivity index (χ0) is 22.2. The number of aromatic nitrogens is 2. The van der Waals surface area contributed by atoms with Crippen LogP contribution in [0, 0.1) is 0 Å². The molecular weight excluding hydrogens is 411 g/mol. The van der Waals surface area contributed by atoms with Gasteiger partial charge in [-0.3, -0.25) is 9.59 Å². The van der Waals surface area contributed by atoms with E-state index in [2.05, 4.69) is 10.4 Å². The van der Waals surface area contributed by atoms with Crippen molar-refractivity contribution in [2.45, 2.75) is 82.6 Å². The number of alkyl halides is 3. The molecule has 7 nitrogen and oxygen atoms in total. The van der Waals surface area contributed by atoms with E-state index in [1.54, 1.807) is 15.9 Å². The van der Waals surface area contributed by atoms with Crippen LogP contribution < -0.4 is 5.32 Å². The summed E-state index contributed by atoms with van der Waals surface area (Å²) in [6.45, 7) is 3.79. The monoisotopic (exact) mass is 441 g/mol. The van der Waals surface area contributed by atoms with Crippen LogP contribution in [0.3, 0.4) is 0 Å². The standard InChI is InChI=1S/C21H30F3N5O2/c1-2-14-12-17(21(22,23)24)29-18(25-14)13-15(26-29)16-6-3-11-28(16)20(31)8-5-10-27-9-4-7-19(27)30/h13-14,16-17,25H,2-12H2,1H3/t14-,16?,17-/m1/s1. The summed E-state index contributed by atoms with van der Waals surface area (Å²) in [5, 5.41) is 7.49. The van der Waals surface area contributed by atoms with Crippen LogP contribution in [0.5, 0.6) is 0 Å². The summed E-state index contributed by atoms with van der Waals surface area (Å²) in [5.41, 5.74) is 0.522. The van der Waals surface area contributed by atoms with Gasteiger partial charge in [0.1, 0.15) is 5.82 Å². The number of amides is 2. The lowest BCUT2D eigenvalue weighted by Crippen LogP contribution is -2.39. The van der Waals surface area contributed by atoms with E-state index < -0.39 is 12.2 Å². The van der Waals surface area contributed by atoms with Crippen LogP contribution in [-0.4, -0.2) is 63.2 Å². The highest BCUT2D eigenvalue weighted by Gasteiger charge is 2.46. The number of nitrogens with one attached hydrogen (secondary N) is 1. The highest BCUT2D eigenvalue weighted by molar-refractivity contribution is 5.79. The third kappa shape index (κ3) is 4.52. The first-order valence-corrected chi connectivity index (χ1v) is 11.3. The first-order chi connectivity index (χ1) is 14.8. The van der Waals surface area contributed by atoms with E-state index in [1.165, 1.54) is 0 Å². The number of halogens is 3. The van der Waals surface area contributed by atoms with Crippen LogP contribution in [-0.2, 0) is 9.59 Å². The van der Waals surface area contributed by atoms with Crippen LogP contribution in [0.25, 0.3) is 0 Å². The Kier molecular flexibility index (Phi) is 6.16. The SMILES string of the molecule is CC[C@@H]1C[C@H](C(F)(F)F)n2nc(C3CCCN3C(=O)CCCN3CCCC3=O)cc2N1. The van der Waals surface area contributed by atoms with Crippen LogP contribution in [0.4, 0.5) is 19.0 Å². The molecular formula is C21H30F3N5O2. The van der Waals surface area contributed by atoms with Gasteiger partial charge >= 0.3 is 6.18 Å². The fourth-order valence-corrected chi connectivity index (χ4v) is 4.98. The number of hydrogen-bond acceptors (Lipinski definition) is 4. The van der Waals surface area contributed by atoms with Gasteiger partial charge in [-0.25, -0.2) is 4.68 Å². The molecule has 1 N–H and O–H groups in total. The normalized spacial score (nSPS) is 26.3. The second-order valence-electron chi connectivity index (χ2n) is 8.77. The maximum absolute atomic E-state index is 13.6. The quantitative estimate of drug-likeness (QED) is 0.732. The van der Waals surface area contributed by atoms with Crippen LogP contribution >= 0.6 is 0 Å². The number of rotatable bonds is 6. The Morgan fingerprint density at radius 1 is 1.29 bits per heavy atom. The minimum atomic E-state index is -4.37. The number of fused-ring (bicyclic) bond motifs is 1.